The summed E-state index contributed by atoms with van der Waals surface area (Å²) in [4.78, 5) is 37.7. The molecule has 2 aliphatic heterocycles. The summed E-state index contributed by atoms with van der Waals surface area (Å²) in [6, 6.07) is 5.82. The zero-order chi connectivity index (χ0) is 17.8. The molecule has 3 rings (SSSR count). The van der Waals surface area contributed by atoms with E-state index in [-0.39, 0.29) is 11.8 Å². The van der Waals surface area contributed by atoms with Gasteiger partial charge < -0.3 is 20.1 Å². The van der Waals surface area contributed by atoms with Gasteiger partial charge in [0.25, 0.3) is 11.8 Å². The third-order valence-corrected chi connectivity index (χ3v) is 4.65. The van der Waals surface area contributed by atoms with Crippen molar-refractivity contribution in [1.29, 1.82) is 0 Å². The number of likely N-dealkylation sites (tertiary alicyclic amines) is 1. The van der Waals surface area contributed by atoms with Gasteiger partial charge in [0.05, 0.1) is 0 Å². The van der Waals surface area contributed by atoms with Gasteiger partial charge in [-0.2, -0.15) is 0 Å². The summed E-state index contributed by atoms with van der Waals surface area (Å²) < 4.78 is 5.35. The molecule has 0 saturated carbocycles. The van der Waals surface area contributed by atoms with Gasteiger partial charge in [-0.05, 0) is 50.3 Å². The Balaban J connectivity index is 1.72. The molecule has 1 aromatic carbocycles. The monoisotopic (exact) mass is 346 g/mol. The number of benzene rings is 1. The molecule has 0 bridgehead atoms. The Morgan fingerprint density at radius 3 is 2.72 bits per heavy atom. The Kier molecular flexibility index (Phi) is 5.33. The fourth-order valence-electron chi connectivity index (χ4n) is 3.33. The minimum atomic E-state index is -0.976. The smallest absolute Gasteiger partial charge is 0.326 e. The van der Waals surface area contributed by atoms with Crippen LogP contribution in [0.2, 0.25) is 0 Å². The van der Waals surface area contributed by atoms with Crippen molar-refractivity contribution < 1.29 is 24.2 Å². The lowest BCUT2D eigenvalue weighted by atomic mass is 10.0. The van der Waals surface area contributed by atoms with Crippen LogP contribution in [-0.2, 0) is 14.3 Å². The maximum Gasteiger partial charge on any atom is 0.326 e. The van der Waals surface area contributed by atoms with E-state index in [0.29, 0.717) is 37.2 Å². The van der Waals surface area contributed by atoms with Gasteiger partial charge in [-0.3, -0.25) is 9.59 Å². The molecule has 2 amide bonds. The zero-order valence-corrected chi connectivity index (χ0v) is 13.9. The van der Waals surface area contributed by atoms with E-state index in [0.717, 1.165) is 19.3 Å². The van der Waals surface area contributed by atoms with Crippen molar-refractivity contribution in [1.82, 2.24) is 4.90 Å². The highest BCUT2D eigenvalue weighted by atomic mass is 16.5. The number of nitrogens with zero attached hydrogens (tertiary/aromatic N) is 1. The zero-order valence-electron chi connectivity index (χ0n) is 13.9. The Bertz CT molecular complexity index is 669. The lowest BCUT2D eigenvalue weighted by molar-refractivity contribution is -0.143. The number of carbonyl (C=O) groups is 3. The highest BCUT2D eigenvalue weighted by molar-refractivity contribution is 5.99. The van der Waals surface area contributed by atoms with Gasteiger partial charge in [0.2, 0.25) is 0 Å². The van der Waals surface area contributed by atoms with Gasteiger partial charge >= 0.3 is 5.97 Å². The number of nitrogens with one attached hydrogen (secondary N) is 1. The van der Waals surface area contributed by atoms with Crippen LogP contribution in [-0.4, -0.2) is 53.1 Å². The summed E-state index contributed by atoms with van der Waals surface area (Å²) in [6.45, 7) is 1.02. The van der Waals surface area contributed by atoms with Crippen molar-refractivity contribution in [3.05, 3.63) is 29.8 Å². The Labute approximate surface area is 146 Å². The number of carboxylic acid groups (broad SMARTS) is 1. The van der Waals surface area contributed by atoms with Gasteiger partial charge in [-0.25, -0.2) is 4.79 Å². The number of hydrogen-bond acceptors (Lipinski definition) is 4. The maximum atomic E-state index is 12.7. The van der Waals surface area contributed by atoms with Crippen molar-refractivity contribution in [2.75, 3.05) is 18.5 Å². The quantitative estimate of drug-likeness (QED) is 0.868. The largest absolute Gasteiger partial charge is 0.480 e. The number of rotatable bonds is 4. The molecule has 1 aromatic rings. The first-order valence-corrected chi connectivity index (χ1v) is 8.62. The minimum Gasteiger partial charge on any atom is -0.480 e. The third-order valence-electron chi connectivity index (χ3n) is 4.65. The second-order valence-corrected chi connectivity index (χ2v) is 6.42. The van der Waals surface area contributed by atoms with E-state index in [9.17, 15) is 19.5 Å². The highest BCUT2D eigenvalue weighted by Crippen LogP contribution is 2.22. The van der Waals surface area contributed by atoms with Crippen LogP contribution in [0.1, 0.15) is 42.5 Å². The van der Waals surface area contributed by atoms with Crippen molar-refractivity contribution in [3.63, 3.8) is 0 Å². The highest BCUT2D eigenvalue weighted by Gasteiger charge is 2.32. The van der Waals surface area contributed by atoms with Gasteiger partial charge in [0.15, 0.2) is 0 Å². The molecule has 0 radical (unpaired) electrons. The van der Waals surface area contributed by atoms with Crippen LogP contribution in [0.5, 0.6) is 0 Å². The van der Waals surface area contributed by atoms with E-state index in [1.807, 2.05) is 0 Å². The molecule has 7 nitrogen and oxygen atoms in total. The summed E-state index contributed by atoms with van der Waals surface area (Å²) in [5.41, 5.74) is 0.883. The second-order valence-electron chi connectivity index (χ2n) is 6.42. The number of amides is 2. The first-order chi connectivity index (χ1) is 12.1. The molecule has 7 heteroatoms. The van der Waals surface area contributed by atoms with E-state index in [2.05, 4.69) is 5.32 Å². The Morgan fingerprint density at radius 2 is 2.00 bits per heavy atom. The number of hydrogen-bond donors (Lipinski definition) is 2. The van der Waals surface area contributed by atoms with Gasteiger partial charge in [0, 0.05) is 24.4 Å². The summed E-state index contributed by atoms with van der Waals surface area (Å²) in [7, 11) is 0. The van der Waals surface area contributed by atoms with E-state index in [1.54, 1.807) is 24.3 Å². The van der Waals surface area contributed by atoms with Crippen molar-refractivity contribution in [3.8, 4) is 0 Å². The SMILES string of the molecule is O=C(O)C1CCCCN1C(=O)c1cccc(NC(=O)[C@@H]2CCCO2)c1. The predicted molar refractivity (Wildman–Crippen MR) is 90.4 cm³/mol. The molecule has 2 saturated heterocycles. The number of carbonyl (C=O) groups excluding carboxylic acids is 2. The summed E-state index contributed by atoms with van der Waals surface area (Å²) in [6.07, 6.45) is 3.18. The molecule has 0 aromatic heterocycles. The van der Waals surface area contributed by atoms with Crippen LogP contribution in [0.4, 0.5) is 5.69 Å². The van der Waals surface area contributed by atoms with Crippen molar-refractivity contribution >= 4 is 23.5 Å². The summed E-state index contributed by atoms with van der Waals surface area (Å²) >= 11 is 0. The second kappa shape index (κ2) is 7.65. The standard InChI is InChI=1S/C18H22N2O5/c21-16(15-8-4-10-25-15)19-13-6-3-5-12(11-13)17(22)20-9-2-1-7-14(20)18(23)24/h3,5-6,11,14-15H,1-2,4,7-10H2,(H,19,21)(H,23,24)/t14?,15-/m0/s1. The molecule has 2 atom stereocenters. The van der Waals surface area contributed by atoms with Crippen LogP contribution in [0, 0.1) is 0 Å². The van der Waals surface area contributed by atoms with E-state index in [4.69, 9.17) is 4.74 Å². The topological polar surface area (TPSA) is 95.9 Å². The molecule has 0 spiro atoms. The van der Waals surface area contributed by atoms with Gasteiger partial charge in [0.1, 0.15) is 12.1 Å². The first kappa shape index (κ1) is 17.4. The number of piperidine rings is 1. The molecule has 2 N–H and O–H groups in total. The minimum absolute atomic E-state index is 0.219. The van der Waals surface area contributed by atoms with Crippen LogP contribution >= 0.6 is 0 Å². The molecule has 0 aliphatic carbocycles. The summed E-state index contributed by atoms with van der Waals surface area (Å²) in [5, 5.41) is 12.1. The third kappa shape index (κ3) is 3.99. The van der Waals surface area contributed by atoms with Gasteiger partial charge in [-0.15, -0.1) is 0 Å². The molecule has 2 heterocycles. The number of carboxylic acids is 1. The van der Waals surface area contributed by atoms with Crippen molar-refractivity contribution in [2.24, 2.45) is 0 Å². The lowest BCUT2D eigenvalue weighted by Crippen LogP contribution is -2.48. The average Bonchev–Trinajstić information content (AvgIpc) is 3.16. The van der Waals surface area contributed by atoms with E-state index < -0.39 is 18.1 Å². The fraction of sp³-hybridized carbons (Fsp3) is 0.500. The Morgan fingerprint density at radius 1 is 1.16 bits per heavy atom. The maximum absolute atomic E-state index is 12.7. The number of anilines is 1. The van der Waals surface area contributed by atoms with Crippen LogP contribution in [0.25, 0.3) is 0 Å². The lowest BCUT2D eigenvalue weighted by Gasteiger charge is -2.33. The normalized spacial score (nSPS) is 23.3. The number of ether oxygens (including phenoxy) is 1. The molecule has 134 valence electrons. The van der Waals surface area contributed by atoms with Crippen molar-refractivity contribution in [2.45, 2.75) is 44.2 Å². The first-order valence-electron chi connectivity index (χ1n) is 8.62. The predicted octanol–water partition coefficient (Wildman–Crippen LogP) is 1.88. The molecule has 1 unspecified atom stereocenters. The molecule has 2 aliphatic rings. The fourth-order valence-corrected chi connectivity index (χ4v) is 3.33. The van der Waals surface area contributed by atoms with Crippen LogP contribution < -0.4 is 5.32 Å². The Hall–Kier alpha value is -2.41. The number of aliphatic carboxylic acids is 1. The van der Waals surface area contributed by atoms with Crippen LogP contribution in [0.15, 0.2) is 24.3 Å². The molecule has 25 heavy (non-hydrogen) atoms. The van der Waals surface area contributed by atoms with E-state index in [1.165, 1.54) is 4.90 Å². The molecular formula is C18H22N2O5. The molecular weight excluding hydrogens is 324 g/mol. The van der Waals surface area contributed by atoms with Crippen LogP contribution in [0.3, 0.4) is 0 Å². The summed E-state index contributed by atoms with van der Waals surface area (Å²) in [5.74, 6) is -1.51. The molecule has 2 fully saturated rings. The van der Waals surface area contributed by atoms with Gasteiger partial charge in [-0.1, -0.05) is 6.07 Å². The average molecular weight is 346 g/mol. The van der Waals surface area contributed by atoms with E-state index >= 15 is 0 Å².